The van der Waals surface area contributed by atoms with Crippen molar-refractivity contribution in [3.8, 4) is 5.69 Å². The van der Waals surface area contributed by atoms with Gasteiger partial charge >= 0.3 is 0 Å². The second-order valence-electron chi connectivity index (χ2n) is 5.96. The predicted molar refractivity (Wildman–Crippen MR) is 90.2 cm³/mol. The Morgan fingerprint density at radius 1 is 1.12 bits per heavy atom. The summed E-state index contributed by atoms with van der Waals surface area (Å²) in [6.07, 6.45) is 6.56. The first-order valence-corrected chi connectivity index (χ1v) is 8.26. The van der Waals surface area contributed by atoms with E-state index in [2.05, 4.69) is 4.98 Å². The number of aldehydes is 1. The lowest BCUT2D eigenvalue weighted by Gasteiger charge is -2.27. The van der Waals surface area contributed by atoms with E-state index in [1.807, 2.05) is 4.90 Å². The molecule has 0 aliphatic carbocycles. The molecule has 3 rings (SSSR count). The minimum atomic E-state index is -0.349. The molecule has 5 nitrogen and oxygen atoms in total. The minimum absolute atomic E-state index is 0.210. The first-order chi connectivity index (χ1) is 11.7. The molecule has 0 bridgehead atoms. The van der Waals surface area contributed by atoms with Crippen LogP contribution in [0.15, 0.2) is 35.3 Å². The van der Waals surface area contributed by atoms with Crippen LogP contribution in [0.5, 0.6) is 0 Å². The van der Waals surface area contributed by atoms with Gasteiger partial charge in [-0.3, -0.25) is 9.36 Å². The van der Waals surface area contributed by atoms with Gasteiger partial charge in [0.1, 0.15) is 12.1 Å². The molecule has 0 spiro atoms. The number of piperidine rings is 1. The maximum Gasteiger partial charge on any atom is 0.298 e. The van der Waals surface area contributed by atoms with E-state index in [-0.39, 0.29) is 11.4 Å². The number of hydrogen-bond acceptors (Lipinski definition) is 4. The van der Waals surface area contributed by atoms with Crippen molar-refractivity contribution in [1.29, 1.82) is 0 Å². The minimum Gasteiger partial charge on any atom is -0.352 e. The summed E-state index contributed by atoms with van der Waals surface area (Å²) in [5, 5.41) is 0. The van der Waals surface area contributed by atoms with E-state index in [1.54, 1.807) is 18.3 Å². The zero-order chi connectivity index (χ0) is 16.9. The number of hydrogen-bond donors (Lipinski definition) is 0. The summed E-state index contributed by atoms with van der Waals surface area (Å²) in [6, 6.07) is 5.79. The molecule has 0 N–H and O–H groups in total. The average Bonchev–Trinajstić information content (AvgIpc) is 2.62. The first-order valence-electron chi connectivity index (χ1n) is 8.26. The average molecular weight is 329 g/mol. The van der Waals surface area contributed by atoms with Gasteiger partial charge in [0.2, 0.25) is 0 Å². The van der Waals surface area contributed by atoms with Crippen molar-refractivity contribution in [3.63, 3.8) is 0 Å². The van der Waals surface area contributed by atoms with Gasteiger partial charge in [-0.2, -0.15) is 0 Å². The van der Waals surface area contributed by atoms with E-state index in [9.17, 15) is 14.0 Å². The Labute approximate surface area is 139 Å². The molecule has 0 amide bonds. The lowest BCUT2D eigenvalue weighted by atomic mass is 10.1. The summed E-state index contributed by atoms with van der Waals surface area (Å²) in [5.41, 5.74) is 1.07. The smallest absolute Gasteiger partial charge is 0.298 e. The van der Waals surface area contributed by atoms with Crippen LogP contribution in [0.1, 0.15) is 31.4 Å². The van der Waals surface area contributed by atoms with Gasteiger partial charge in [-0.15, -0.1) is 0 Å². The van der Waals surface area contributed by atoms with E-state index >= 15 is 0 Å². The molecular weight excluding hydrogens is 309 g/mol. The molecule has 1 saturated heterocycles. The van der Waals surface area contributed by atoms with E-state index in [0.29, 0.717) is 30.0 Å². The number of benzene rings is 1. The summed E-state index contributed by atoms with van der Waals surface area (Å²) in [4.78, 5) is 30.1. The largest absolute Gasteiger partial charge is 0.352 e. The van der Waals surface area contributed by atoms with E-state index in [0.717, 1.165) is 38.6 Å². The molecule has 1 aromatic heterocycles. The fraction of sp³-hybridized carbons (Fsp3) is 0.389. The number of carbonyl (C=O) groups is 1. The molecule has 126 valence electrons. The molecule has 0 radical (unpaired) electrons. The zero-order valence-electron chi connectivity index (χ0n) is 13.4. The van der Waals surface area contributed by atoms with Gasteiger partial charge in [-0.25, -0.2) is 9.37 Å². The SMILES string of the molecule is O=CCCc1cn(-c2ccc(F)cc2)c(=O)c(N2CCCCC2)n1. The van der Waals surface area contributed by atoms with Crippen LogP contribution in [-0.4, -0.2) is 28.9 Å². The van der Waals surface area contributed by atoms with Crippen molar-refractivity contribution in [2.24, 2.45) is 0 Å². The summed E-state index contributed by atoms with van der Waals surface area (Å²) in [6.45, 7) is 1.62. The topological polar surface area (TPSA) is 55.2 Å². The molecule has 1 aromatic carbocycles. The molecule has 6 heteroatoms. The third kappa shape index (κ3) is 3.53. The van der Waals surface area contributed by atoms with Crippen molar-refractivity contribution in [1.82, 2.24) is 9.55 Å². The van der Waals surface area contributed by atoms with Crippen molar-refractivity contribution in [2.45, 2.75) is 32.1 Å². The van der Waals surface area contributed by atoms with Gasteiger partial charge in [-0.05, 0) is 49.9 Å². The summed E-state index contributed by atoms with van der Waals surface area (Å²) >= 11 is 0. The van der Waals surface area contributed by atoms with E-state index in [1.165, 1.54) is 16.7 Å². The Morgan fingerprint density at radius 2 is 1.83 bits per heavy atom. The fourth-order valence-corrected chi connectivity index (χ4v) is 2.96. The molecule has 1 fully saturated rings. The van der Waals surface area contributed by atoms with Crippen LogP contribution < -0.4 is 10.5 Å². The number of halogens is 1. The molecule has 1 aliphatic rings. The molecule has 0 saturated carbocycles. The van der Waals surface area contributed by atoms with Gasteiger partial charge in [-0.1, -0.05) is 0 Å². The fourth-order valence-electron chi connectivity index (χ4n) is 2.96. The highest BCUT2D eigenvalue weighted by Crippen LogP contribution is 2.17. The van der Waals surface area contributed by atoms with Crippen LogP contribution in [0.3, 0.4) is 0 Å². The van der Waals surface area contributed by atoms with E-state index < -0.39 is 0 Å². The lowest BCUT2D eigenvalue weighted by molar-refractivity contribution is -0.107. The van der Waals surface area contributed by atoms with Crippen molar-refractivity contribution in [2.75, 3.05) is 18.0 Å². The maximum absolute atomic E-state index is 13.2. The quantitative estimate of drug-likeness (QED) is 0.791. The number of nitrogens with zero attached hydrogens (tertiary/aromatic N) is 3. The van der Waals surface area contributed by atoms with Crippen LogP contribution in [0.2, 0.25) is 0 Å². The van der Waals surface area contributed by atoms with Gasteiger partial charge in [0.15, 0.2) is 5.82 Å². The number of anilines is 1. The Morgan fingerprint density at radius 3 is 2.50 bits per heavy atom. The highest BCUT2D eigenvalue weighted by atomic mass is 19.1. The molecule has 0 unspecified atom stereocenters. The van der Waals surface area contributed by atoms with Crippen LogP contribution in [-0.2, 0) is 11.2 Å². The number of carbonyl (C=O) groups excluding carboxylic acids is 1. The molecule has 0 atom stereocenters. The molecule has 24 heavy (non-hydrogen) atoms. The first kappa shape index (κ1) is 16.4. The Hall–Kier alpha value is -2.50. The maximum atomic E-state index is 13.2. The van der Waals surface area contributed by atoms with Crippen LogP contribution in [0, 0.1) is 5.82 Å². The number of aryl methyl sites for hydroxylation is 1. The van der Waals surface area contributed by atoms with Crippen molar-refractivity contribution in [3.05, 3.63) is 52.3 Å². The van der Waals surface area contributed by atoms with Gasteiger partial charge in [0, 0.05) is 31.4 Å². The third-order valence-corrected chi connectivity index (χ3v) is 4.22. The summed E-state index contributed by atoms with van der Waals surface area (Å²) in [7, 11) is 0. The Kier molecular flexibility index (Phi) is 5.03. The third-order valence-electron chi connectivity index (χ3n) is 4.22. The van der Waals surface area contributed by atoms with Crippen LogP contribution in [0.25, 0.3) is 5.69 Å². The van der Waals surface area contributed by atoms with Crippen molar-refractivity contribution >= 4 is 12.1 Å². The van der Waals surface area contributed by atoms with Gasteiger partial charge in [0.05, 0.1) is 5.69 Å². The van der Waals surface area contributed by atoms with Gasteiger partial charge < -0.3 is 9.69 Å². The van der Waals surface area contributed by atoms with Crippen LogP contribution in [0.4, 0.5) is 10.2 Å². The van der Waals surface area contributed by atoms with Gasteiger partial charge in [0.25, 0.3) is 5.56 Å². The van der Waals surface area contributed by atoms with Crippen molar-refractivity contribution < 1.29 is 9.18 Å². The number of aromatic nitrogens is 2. The monoisotopic (exact) mass is 329 g/mol. The molecule has 2 aromatic rings. The highest BCUT2D eigenvalue weighted by molar-refractivity contribution is 5.50. The second-order valence-corrected chi connectivity index (χ2v) is 5.96. The number of rotatable bonds is 5. The summed E-state index contributed by atoms with van der Waals surface area (Å²) < 4.78 is 14.7. The normalized spacial score (nSPS) is 14.6. The standard InChI is InChI=1S/C18H20FN3O2/c19-14-6-8-16(9-7-14)22-13-15(5-4-12-23)20-17(18(22)24)21-10-2-1-3-11-21/h6-9,12-13H,1-5,10-11H2. The Balaban J connectivity index is 2.07. The zero-order valence-corrected chi connectivity index (χ0v) is 13.4. The van der Waals surface area contributed by atoms with E-state index in [4.69, 9.17) is 0 Å². The molecular formula is C18H20FN3O2. The second kappa shape index (κ2) is 7.38. The lowest BCUT2D eigenvalue weighted by Crippen LogP contribution is -2.37. The summed E-state index contributed by atoms with van der Waals surface area (Å²) in [5.74, 6) is 0.0701. The van der Waals surface area contributed by atoms with Crippen LogP contribution >= 0.6 is 0 Å². The Bertz CT molecular complexity index is 765. The molecule has 2 heterocycles. The highest BCUT2D eigenvalue weighted by Gasteiger charge is 2.18. The predicted octanol–water partition coefficient (Wildman–Crippen LogP) is 2.49. The molecule has 1 aliphatic heterocycles.